The summed E-state index contributed by atoms with van der Waals surface area (Å²) in [5.41, 5.74) is 0. The molecule has 5 nitrogen and oxygen atoms in total. The van der Waals surface area contributed by atoms with Crippen LogP contribution >= 0.6 is 0 Å². The molecule has 0 fully saturated rings. The van der Waals surface area contributed by atoms with Crippen molar-refractivity contribution in [3.63, 3.8) is 0 Å². The summed E-state index contributed by atoms with van der Waals surface area (Å²) in [5, 5.41) is 14.0. The Hall–Kier alpha value is -1.77. The Labute approximate surface area is 119 Å². The number of rotatable bonds is 5. The first-order chi connectivity index (χ1) is 9.80. The number of sulfone groups is 1. The molecule has 1 aromatic carbocycles. The highest BCUT2D eigenvalue weighted by Crippen LogP contribution is 2.40. The summed E-state index contributed by atoms with van der Waals surface area (Å²) in [5.74, 6) is -0.694. The minimum absolute atomic E-state index is 0.0584. The Morgan fingerprint density at radius 2 is 1.76 bits per heavy atom. The smallest absolute Gasteiger partial charge is 0.382 e. The lowest BCUT2D eigenvalue weighted by Gasteiger charge is -2.21. The molecule has 0 aliphatic heterocycles. The Kier molecular flexibility index (Phi) is 4.13. The molecule has 2 rings (SSSR count). The van der Waals surface area contributed by atoms with E-state index in [2.05, 4.69) is 0 Å². The average molecular weight is 318 g/mol. The maximum atomic E-state index is 14.1. The molecule has 1 unspecified atom stereocenters. The molecule has 0 saturated heterocycles. The summed E-state index contributed by atoms with van der Waals surface area (Å²) in [6.45, 7) is -0.552. The minimum atomic E-state index is -5.09. The van der Waals surface area contributed by atoms with Gasteiger partial charge in [-0.05, 0) is 24.3 Å². The maximum Gasteiger partial charge on any atom is 0.382 e. The van der Waals surface area contributed by atoms with Crippen LogP contribution in [0.5, 0.6) is 0 Å². The van der Waals surface area contributed by atoms with Crippen molar-refractivity contribution in [1.82, 2.24) is 0 Å². The van der Waals surface area contributed by atoms with Crippen LogP contribution in [0.3, 0.4) is 0 Å². The van der Waals surface area contributed by atoms with E-state index >= 15 is 0 Å². The van der Waals surface area contributed by atoms with Crippen molar-refractivity contribution < 1.29 is 31.8 Å². The van der Waals surface area contributed by atoms with Gasteiger partial charge in [0.25, 0.3) is 0 Å². The van der Waals surface area contributed by atoms with Crippen LogP contribution < -0.4 is 0 Å². The second-order valence-corrected chi connectivity index (χ2v) is 6.27. The lowest BCUT2D eigenvalue weighted by Crippen LogP contribution is -2.35. The second kappa shape index (κ2) is 5.55. The van der Waals surface area contributed by atoms with E-state index < -0.39 is 38.5 Å². The number of aliphatic hydroxyl groups is 2. The Bertz CT molecular complexity index is 709. The highest BCUT2D eigenvalue weighted by Gasteiger charge is 2.54. The molecule has 2 aromatic rings. The van der Waals surface area contributed by atoms with Gasteiger partial charge >= 0.3 is 5.25 Å². The fourth-order valence-electron chi connectivity index (χ4n) is 1.70. The average Bonchev–Trinajstić information content (AvgIpc) is 2.96. The number of halogens is 2. The molecule has 0 spiro atoms. The van der Waals surface area contributed by atoms with Crippen LogP contribution in [0, 0.1) is 0 Å². The normalized spacial score (nSPS) is 14.1. The highest BCUT2D eigenvalue weighted by atomic mass is 32.2. The zero-order valence-electron chi connectivity index (χ0n) is 10.6. The summed E-state index contributed by atoms with van der Waals surface area (Å²) in [7, 11) is -5.09. The van der Waals surface area contributed by atoms with Crippen molar-refractivity contribution >= 4 is 9.84 Å². The molecule has 1 heterocycles. The van der Waals surface area contributed by atoms with E-state index in [1.807, 2.05) is 0 Å². The van der Waals surface area contributed by atoms with E-state index in [0.29, 0.717) is 0 Å². The van der Waals surface area contributed by atoms with Gasteiger partial charge in [0, 0.05) is 0 Å². The Morgan fingerprint density at radius 1 is 1.14 bits per heavy atom. The molecule has 1 aromatic heterocycles. The Balaban J connectivity index is 2.41. The predicted molar refractivity (Wildman–Crippen MR) is 68.2 cm³/mol. The second-order valence-electron chi connectivity index (χ2n) is 4.24. The lowest BCUT2D eigenvalue weighted by molar-refractivity contribution is -0.0542. The van der Waals surface area contributed by atoms with E-state index in [1.54, 1.807) is 0 Å². The molecule has 0 aliphatic carbocycles. The van der Waals surface area contributed by atoms with E-state index in [-0.39, 0.29) is 5.76 Å². The van der Waals surface area contributed by atoms with Gasteiger partial charge in [0.05, 0.1) is 4.90 Å². The molecule has 8 heteroatoms. The number of hydrogen-bond donors (Lipinski definition) is 2. The van der Waals surface area contributed by atoms with Crippen LogP contribution in [-0.4, -0.2) is 23.9 Å². The van der Waals surface area contributed by atoms with Crippen molar-refractivity contribution in [3.05, 3.63) is 54.0 Å². The van der Waals surface area contributed by atoms with Gasteiger partial charge in [0.1, 0.15) is 18.1 Å². The first-order valence-corrected chi connectivity index (χ1v) is 7.34. The van der Waals surface area contributed by atoms with Crippen LogP contribution in [-0.2, 0) is 16.4 Å². The first kappa shape index (κ1) is 15.6. The number of alkyl halides is 2. The first-order valence-electron chi connectivity index (χ1n) is 5.85. The third-order valence-electron chi connectivity index (χ3n) is 2.84. The van der Waals surface area contributed by atoms with E-state index in [4.69, 9.17) is 9.52 Å². The fourth-order valence-corrected chi connectivity index (χ4v) is 2.94. The standard InChI is InChI=1S/C13H12F2O5S/c14-13(15,12(17)11-7-6-9(8-16)20-11)21(18,19)10-4-2-1-3-5-10/h1-7,12,16-17H,8H2. The molecule has 0 bridgehead atoms. The summed E-state index contributed by atoms with van der Waals surface area (Å²) < 4.78 is 56.9. The number of benzene rings is 1. The molecule has 0 amide bonds. The van der Waals surface area contributed by atoms with Gasteiger partial charge < -0.3 is 14.6 Å². The third-order valence-corrected chi connectivity index (χ3v) is 4.67. The molecule has 21 heavy (non-hydrogen) atoms. The summed E-state index contributed by atoms with van der Waals surface area (Å²) in [6, 6.07) is 8.26. The van der Waals surface area contributed by atoms with Gasteiger partial charge in [0.2, 0.25) is 9.84 Å². The minimum Gasteiger partial charge on any atom is -0.461 e. The number of furan rings is 1. The molecule has 2 N–H and O–H groups in total. The fraction of sp³-hybridized carbons (Fsp3) is 0.231. The van der Waals surface area contributed by atoms with Crippen LogP contribution in [0.25, 0.3) is 0 Å². The maximum absolute atomic E-state index is 14.1. The largest absolute Gasteiger partial charge is 0.461 e. The molecule has 1 atom stereocenters. The predicted octanol–water partition coefficient (Wildman–Crippen LogP) is 1.87. The molecular weight excluding hydrogens is 306 g/mol. The monoisotopic (exact) mass is 318 g/mol. The van der Waals surface area contributed by atoms with Gasteiger partial charge in [-0.25, -0.2) is 8.42 Å². The van der Waals surface area contributed by atoms with Crippen LogP contribution in [0.4, 0.5) is 8.78 Å². The van der Waals surface area contributed by atoms with Gasteiger partial charge in [0.15, 0.2) is 6.10 Å². The van der Waals surface area contributed by atoms with Gasteiger partial charge in [-0.2, -0.15) is 8.78 Å². The van der Waals surface area contributed by atoms with E-state index in [1.165, 1.54) is 24.3 Å². The van der Waals surface area contributed by atoms with Gasteiger partial charge in [-0.15, -0.1) is 0 Å². The van der Waals surface area contributed by atoms with Crippen molar-refractivity contribution in [1.29, 1.82) is 0 Å². The molecule has 0 radical (unpaired) electrons. The third kappa shape index (κ3) is 2.69. The topological polar surface area (TPSA) is 87.7 Å². The molecule has 0 aliphatic rings. The SMILES string of the molecule is O=S(=O)(c1ccccc1)C(F)(F)C(O)c1ccc(CO)o1. The van der Waals surface area contributed by atoms with E-state index in [9.17, 15) is 22.3 Å². The summed E-state index contributed by atoms with van der Waals surface area (Å²) in [4.78, 5) is -0.608. The zero-order valence-corrected chi connectivity index (χ0v) is 11.4. The number of aliphatic hydroxyl groups excluding tert-OH is 2. The molecular formula is C13H12F2O5S. The lowest BCUT2D eigenvalue weighted by atomic mass is 10.3. The van der Waals surface area contributed by atoms with Crippen molar-refractivity contribution in [3.8, 4) is 0 Å². The van der Waals surface area contributed by atoms with Crippen molar-refractivity contribution in [2.75, 3.05) is 0 Å². The van der Waals surface area contributed by atoms with Gasteiger partial charge in [-0.3, -0.25) is 0 Å². The van der Waals surface area contributed by atoms with Crippen molar-refractivity contribution in [2.24, 2.45) is 0 Å². The molecule has 114 valence electrons. The summed E-state index contributed by atoms with van der Waals surface area (Å²) >= 11 is 0. The van der Waals surface area contributed by atoms with Crippen LogP contribution in [0.15, 0.2) is 51.8 Å². The van der Waals surface area contributed by atoms with Gasteiger partial charge in [-0.1, -0.05) is 18.2 Å². The van der Waals surface area contributed by atoms with Crippen molar-refractivity contribution in [2.45, 2.75) is 22.9 Å². The highest BCUT2D eigenvalue weighted by molar-refractivity contribution is 7.92. The zero-order chi connectivity index (χ0) is 15.7. The number of hydrogen-bond acceptors (Lipinski definition) is 5. The van der Waals surface area contributed by atoms with Crippen LogP contribution in [0.2, 0.25) is 0 Å². The van der Waals surface area contributed by atoms with Crippen LogP contribution in [0.1, 0.15) is 17.6 Å². The Morgan fingerprint density at radius 3 is 2.29 bits per heavy atom. The summed E-state index contributed by atoms with van der Waals surface area (Å²) in [6.07, 6.45) is -2.68. The van der Waals surface area contributed by atoms with E-state index in [0.717, 1.165) is 18.2 Å². The molecule has 0 saturated carbocycles. The quantitative estimate of drug-likeness (QED) is 0.879.